The van der Waals surface area contributed by atoms with Gasteiger partial charge in [0.2, 0.25) is 5.88 Å². The van der Waals surface area contributed by atoms with Crippen LogP contribution in [0.5, 0.6) is 5.88 Å². The molecule has 0 saturated carbocycles. The van der Waals surface area contributed by atoms with Crippen molar-refractivity contribution in [1.29, 1.82) is 0 Å². The maximum atomic E-state index is 11.7. The number of hydrogen-bond acceptors (Lipinski definition) is 4. The number of aromatic nitrogens is 1. The molecule has 1 heterocycles. The molecular weight excluding hydrogens is 252 g/mol. The fraction of sp³-hybridized carbons (Fsp3) is 0.286. The zero-order chi connectivity index (χ0) is 11.5. The Morgan fingerprint density at radius 1 is 1.47 bits per heavy atom. The Balaban J connectivity index is 2.73. The van der Waals surface area contributed by atoms with Gasteiger partial charge in [-0.05, 0) is 6.07 Å². The van der Waals surface area contributed by atoms with E-state index in [9.17, 15) is 17.2 Å². The van der Waals surface area contributed by atoms with E-state index < -0.39 is 22.1 Å². The van der Waals surface area contributed by atoms with E-state index in [1.54, 1.807) is 0 Å². The first-order valence-electron chi connectivity index (χ1n) is 3.71. The standard InChI is InChI=1S/C7H6ClF2NO3S/c8-15(12,13)5-1-2-7(11-3-5)14-4-6(9)10/h1-3,6H,4H2. The first-order chi connectivity index (χ1) is 6.89. The summed E-state index contributed by atoms with van der Waals surface area (Å²) in [7, 11) is 1.16. The zero-order valence-corrected chi connectivity index (χ0v) is 8.80. The van der Waals surface area contributed by atoms with Crippen LogP contribution in [0, 0.1) is 0 Å². The molecule has 0 saturated heterocycles. The largest absolute Gasteiger partial charge is 0.472 e. The van der Waals surface area contributed by atoms with Crippen molar-refractivity contribution >= 4 is 19.7 Å². The molecule has 84 valence electrons. The lowest BCUT2D eigenvalue weighted by Crippen LogP contribution is -2.08. The number of pyridine rings is 1. The van der Waals surface area contributed by atoms with Gasteiger partial charge in [0.05, 0.1) is 6.20 Å². The molecule has 1 rings (SSSR count). The summed E-state index contributed by atoms with van der Waals surface area (Å²) >= 11 is 0. The second-order valence-electron chi connectivity index (χ2n) is 2.47. The van der Waals surface area contributed by atoms with Crippen LogP contribution < -0.4 is 4.74 Å². The third-order valence-corrected chi connectivity index (χ3v) is 2.69. The lowest BCUT2D eigenvalue weighted by molar-refractivity contribution is 0.0795. The zero-order valence-electron chi connectivity index (χ0n) is 7.23. The predicted octanol–water partition coefficient (Wildman–Crippen LogP) is 1.65. The highest BCUT2D eigenvalue weighted by Gasteiger charge is 2.11. The van der Waals surface area contributed by atoms with E-state index in [2.05, 4.69) is 9.72 Å². The maximum Gasteiger partial charge on any atom is 0.272 e. The van der Waals surface area contributed by atoms with Gasteiger partial charge in [0.1, 0.15) is 4.90 Å². The Morgan fingerprint density at radius 3 is 2.53 bits per heavy atom. The third kappa shape index (κ3) is 3.96. The molecule has 0 aromatic carbocycles. The summed E-state index contributed by atoms with van der Waals surface area (Å²) in [6.45, 7) is -0.792. The number of nitrogens with zero attached hydrogens (tertiary/aromatic N) is 1. The molecule has 0 amide bonds. The van der Waals surface area contributed by atoms with Crippen LogP contribution in [0.15, 0.2) is 23.2 Å². The van der Waals surface area contributed by atoms with Gasteiger partial charge in [0.15, 0.2) is 6.61 Å². The fourth-order valence-electron chi connectivity index (χ4n) is 0.745. The number of rotatable bonds is 4. The molecule has 0 atom stereocenters. The van der Waals surface area contributed by atoms with E-state index >= 15 is 0 Å². The number of alkyl halides is 2. The molecule has 15 heavy (non-hydrogen) atoms. The van der Waals surface area contributed by atoms with Crippen molar-refractivity contribution in [2.24, 2.45) is 0 Å². The van der Waals surface area contributed by atoms with Crippen molar-refractivity contribution in [3.05, 3.63) is 18.3 Å². The molecule has 4 nitrogen and oxygen atoms in total. The maximum absolute atomic E-state index is 11.7. The Hall–Kier alpha value is -0.950. The molecular formula is C7H6ClF2NO3S. The average Bonchev–Trinajstić information content (AvgIpc) is 2.14. The molecule has 0 aliphatic carbocycles. The Morgan fingerprint density at radius 2 is 2.13 bits per heavy atom. The molecule has 8 heteroatoms. The monoisotopic (exact) mass is 257 g/mol. The van der Waals surface area contributed by atoms with E-state index in [0.29, 0.717) is 0 Å². The van der Waals surface area contributed by atoms with Crippen molar-refractivity contribution < 1.29 is 21.9 Å². The molecule has 0 fully saturated rings. The SMILES string of the molecule is O=S(=O)(Cl)c1ccc(OCC(F)F)nc1. The van der Waals surface area contributed by atoms with E-state index in [0.717, 1.165) is 18.3 Å². The summed E-state index contributed by atoms with van der Waals surface area (Å²) in [6, 6.07) is 2.27. The predicted molar refractivity (Wildman–Crippen MR) is 48.8 cm³/mol. The van der Waals surface area contributed by atoms with E-state index in [1.807, 2.05) is 0 Å². The van der Waals surface area contributed by atoms with Gasteiger partial charge in [-0.2, -0.15) is 0 Å². The average molecular weight is 258 g/mol. The van der Waals surface area contributed by atoms with Gasteiger partial charge >= 0.3 is 0 Å². The summed E-state index contributed by atoms with van der Waals surface area (Å²) in [4.78, 5) is 3.28. The number of halogens is 3. The van der Waals surface area contributed by atoms with Crippen LogP contribution in [0.1, 0.15) is 0 Å². The summed E-state index contributed by atoms with van der Waals surface area (Å²) in [5.41, 5.74) is 0. The molecule has 1 aromatic rings. The molecule has 0 radical (unpaired) electrons. The van der Waals surface area contributed by atoms with Crippen LogP contribution in [0.25, 0.3) is 0 Å². The highest BCUT2D eigenvalue weighted by atomic mass is 35.7. The van der Waals surface area contributed by atoms with Crippen molar-refractivity contribution in [2.45, 2.75) is 11.3 Å². The molecule has 0 N–H and O–H groups in total. The fourth-order valence-corrected chi connectivity index (χ4v) is 1.43. The van der Waals surface area contributed by atoms with E-state index in [4.69, 9.17) is 10.7 Å². The van der Waals surface area contributed by atoms with Gasteiger partial charge < -0.3 is 4.74 Å². The van der Waals surface area contributed by atoms with Crippen LogP contribution in [0.4, 0.5) is 8.78 Å². The lowest BCUT2D eigenvalue weighted by Gasteiger charge is -2.03. The topological polar surface area (TPSA) is 56.3 Å². The van der Waals surface area contributed by atoms with Crippen LogP contribution in [0.3, 0.4) is 0 Å². The van der Waals surface area contributed by atoms with Crippen molar-refractivity contribution in [3.63, 3.8) is 0 Å². The van der Waals surface area contributed by atoms with Gasteiger partial charge in [-0.1, -0.05) is 0 Å². The Labute approximate surface area is 89.3 Å². The van der Waals surface area contributed by atoms with Gasteiger partial charge in [-0.25, -0.2) is 22.2 Å². The van der Waals surface area contributed by atoms with E-state index in [1.165, 1.54) is 0 Å². The van der Waals surface area contributed by atoms with Crippen molar-refractivity contribution in [3.8, 4) is 5.88 Å². The summed E-state index contributed by atoms with van der Waals surface area (Å²) < 4.78 is 49.5. The quantitative estimate of drug-likeness (QED) is 0.770. The number of hydrogen-bond donors (Lipinski definition) is 0. The van der Waals surface area contributed by atoms with Crippen LogP contribution in [-0.2, 0) is 9.05 Å². The van der Waals surface area contributed by atoms with Crippen LogP contribution in [0.2, 0.25) is 0 Å². The smallest absolute Gasteiger partial charge is 0.272 e. The molecule has 0 spiro atoms. The minimum absolute atomic E-state index is 0.0839. The molecule has 0 unspecified atom stereocenters. The minimum Gasteiger partial charge on any atom is -0.472 e. The van der Waals surface area contributed by atoms with Crippen LogP contribution in [-0.4, -0.2) is 26.4 Å². The molecule has 1 aromatic heterocycles. The summed E-state index contributed by atoms with van der Waals surface area (Å²) in [5.74, 6) is -0.0839. The Bertz CT molecular complexity index is 420. The summed E-state index contributed by atoms with van der Waals surface area (Å²) in [6.07, 6.45) is -1.67. The summed E-state index contributed by atoms with van der Waals surface area (Å²) in [5, 5.41) is 0. The van der Waals surface area contributed by atoms with Crippen molar-refractivity contribution in [1.82, 2.24) is 4.98 Å². The van der Waals surface area contributed by atoms with Gasteiger partial charge in [-0.3, -0.25) is 0 Å². The third-order valence-electron chi connectivity index (χ3n) is 1.35. The Kier molecular flexibility index (Phi) is 3.81. The van der Waals surface area contributed by atoms with Gasteiger partial charge in [0.25, 0.3) is 15.5 Å². The number of ether oxygens (including phenoxy) is 1. The molecule has 0 aliphatic heterocycles. The first kappa shape index (κ1) is 12.1. The highest BCUT2D eigenvalue weighted by molar-refractivity contribution is 8.13. The second kappa shape index (κ2) is 4.71. The molecule has 0 bridgehead atoms. The van der Waals surface area contributed by atoms with Gasteiger partial charge in [0, 0.05) is 16.7 Å². The second-order valence-corrected chi connectivity index (χ2v) is 5.04. The highest BCUT2D eigenvalue weighted by Crippen LogP contribution is 2.16. The van der Waals surface area contributed by atoms with E-state index in [-0.39, 0.29) is 10.8 Å². The normalized spacial score (nSPS) is 11.7. The lowest BCUT2D eigenvalue weighted by atomic mass is 10.5. The minimum atomic E-state index is -3.84. The first-order valence-corrected chi connectivity index (χ1v) is 6.02. The van der Waals surface area contributed by atoms with Crippen LogP contribution >= 0.6 is 10.7 Å². The van der Waals surface area contributed by atoms with Gasteiger partial charge in [-0.15, -0.1) is 0 Å². The van der Waals surface area contributed by atoms with Crippen molar-refractivity contribution in [2.75, 3.05) is 6.61 Å². The molecule has 0 aliphatic rings.